The summed E-state index contributed by atoms with van der Waals surface area (Å²) in [5, 5.41) is 0. The number of epoxide rings is 1. The van der Waals surface area contributed by atoms with Crippen molar-refractivity contribution in [3.8, 4) is 0 Å². The molecule has 1 aliphatic carbocycles. The maximum Gasteiger partial charge on any atom is 0.0844 e. The molecule has 4 unspecified atom stereocenters. The van der Waals surface area contributed by atoms with Crippen LogP contribution < -0.4 is 0 Å². The van der Waals surface area contributed by atoms with Gasteiger partial charge in [-0.05, 0) is 30.7 Å². The topological polar surface area (TPSA) is 12.5 Å². The molecule has 0 radical (unpaired) electrons. The Hall–Kier alpha value is 0.177. The van der Waals surface area contributed by atoms with Gasteiger partial charge in [-0.1, -0.05) is 45.8 Å². The summed E-state index contributed by atoms with van der Waals surface area (Å²) < 4.78 is 5.69. The van der Waals surface area contributed by atoms with E-state index in [2.05, 4.69) is 27.7 Å². The predicted octanol–water partition coefficient (Wildman–Crippen LogP) is 4.45. The van der Waals surface area contributed by atoms with Gasteiger partial charge < -0.3 is 4.74 Å². The second-order valence-corrected chi connectivity index (χ2v) is 11.8. The van der Waals surface area contributed by atoms with Crippen LogP contribution in [-0.2, 0) is 4.74 Å². The molecule has 1 heterocycles. The van der Waals surface area contributed by atoms with Crippen LogP contribution in [0.25, 0.3) is 0 Å². The molecule has 1 aliphatic heterocycles. The monoisotopic (exact) mass is 240 g/mol. The van der Waals surface area contributed by atoms with Gasteiger partial charge in [0.05, 0.1) is 20.3 Å². The SMILES string of the molecule is CC[Si](CC)(CC)C(C)C1CCC2OC2C1. The molecule has 0 aromatic heterocycles. The first-order valence-corrected chi connectivity index (χ1v) is 10.0. The van der Waals surface area contributed by atoms with E-state index in [1.54, 1.807) is 0 Å². The first kappa shape index (κ1) is 12.6. The number of ether oxygens (including phenoxy) is 1. The van der Waals surface area contributed by atoms with E-state index >= 15 is 0 Å². The van der Waals surface area contributed by atoms with Crippen LogP contribution in [0, 0.1) is 5.92 Å². The van der Waals surface area contributed by atoms with Crippen LogP contribution in [0.2, 0.25) is 23.7 Å². The van der Waals surface area contributed by atoms with E-state index < -0.39 is 8.07 Å². The molecule has 2 heteroatoms. The molecule has 0 aromatic rings. The van der Waals surface area contributed by atoms with Crippen LogP contribution in [0.5, 0.6) is 0 Å². The predicted molar refractivity (Wildman–Crippen MR) is 72.6 cm³/mol. The van der Waals surface area contributed by atoms with E-state index in [4.69, 9.17) is 4.74 Å². The van der Waals surface area contributed by atoms with E-state index in [0.29, 0.717) is 12.2 Å². The third-order valence-corrected chi connectivity index (χ3v) is 12.5. The van der Waals surface area contributed by atoms with Crippen molar-refractivity contribution in [2.45, 2.75) is 82.8 Å². The Morgan fingerprint density at radius 1 is 1.06 bits per heavy atom. The zero-order valence-electron chi connectivity index (χ0n) is 11.5. The Morgan fingerprint density at radius 3 is 2.19 bits per heavy atom. The highest BCUT2D eigenvalue weighted by molar-refractivity contribution is 6.81. The third kappa shape index (κ3) is 2.11. The normalized spacial score (nSPS) is 35.6. The summed E-state index contributed by atoms with van der Waals surface area (Å²) in [7, 11) is -0.975. The van der Waals surface area contributed by atoms with Crippen LogP contribution in [0.3, 0.4) is 0 Å². The largest absolute Gasteiger partial charge is 0.370 e. The van der Waals surface area contributed by atoms with Gasteiger partial charge in [0, 0.05) is 0 Å². The molecule has 16 heavy (non-hydrogen) atoms. The summed E-state index contributed by atoms with van der Waals surface area (Å²) in [6, 6.07) is 4.44. The summed E-state index contributed by atoms with van der Waals surface area (Å²) >= 11 is 0. The van der Waals surface area contributed by atoms with E-state index in [9.17, 15) is 0 Å². The molecule has 2 aliphatic rings. The first-order valence-electron chi connectivity index (χ1n) is 7.32. The van der Waals surface area contributed by atoms with Gasteiger partial charge in [0.25, 0.3) is 0 Å². The molecular weight excluding hydrogens is 212 g/mol. The minimum atomic E-state index is -0.975. The van der Waals surface area contributed by atoms with Gasteiger partial charge in [-0.2, -0.15) is 0 Å². The van der Waals surface area contributed by atoms with Gasteiger partial charge in [0.15, 0.2) is 0 Å². The zero-order valence-corrected chi connectivity index (χ0v) is 12.5. The second kappa shape index (κ2) is 4.81. The van der Waals surface area contributed by atoms with Crippen molar-refractivity contribution in [2.24, 2.45) is 5.92 Å². The van der Waals surface area contributed by atoms with Crippen molar-refractivity contribution in [2.75, 3.05) is 0 Å². The molecule has 1 nitrogen and oxygen atoms in total. The summed E-state index contributed by atoms with van der Waals surface area (Å²) in [5.74, 6) is 0.982. The summed E-state index contributed by atoms with van der Waals surface area (Å²) in [5.41, 5.74) is 1.01. The highest BCUT2D eigenvalue weighted by atomic mass is 28.3. The van der Waals surface area contributed by atoms with Crippen molar-refractivity contribution in [3.05, 3.63) is 0 Å². The lowest BCUT2D eigenvalue weighted by Crippen LogP contribution is -2.40. The number of fused-ring (bicyclic) bond motifs is 1. The molecule has 0 amide bonds. The van der Waals surface area contributed by atoms with E-state index in [-0.39, 0.29) is 0 Å². The van der Waals surface area contributed by atoms with Crippen molar-refractivity contribution in [1.29, 1.82) is 0 Å². The molecule has 1 saturated heterocycles. The summed E-state index contributed by atoms with van der Waals surface area (Å²) in [6.45, 7) is 9.88. The molecule has 0 aromatic carbocycles. The average molecular weight is 240 g/mol. The van der Waals surface area contributed by atoms with Crippen LogP contribution in [-0.4, -0.2) is 20.3 Å². The molecular formula is C14H28OSi. The summed E-state index contributed by atoms with van der Waals surface area (Å²) in [4.78, 5) is 0. The molecule has 1 saturated carbocycles. The molecule has 2 fully saturated rings. The fourth-order valence-electron chi connectivity index (χ4n) is 4.11. The lowest BCUT2D eigenvalue weighted by atomic mass is 9.87. The fraction of sp³-hybridized carbons (Fsp3) is 1.00. The fourth-order valence-corrected chi connectivity index (χ4v) is 8.84. The lowest BCUT2D eigenvalue weighted by molar-refractivity contribution is 0.353. The maximum absolute atomic E-state index is 5.69. The first-order chi connectivity index (χ1) is 7.66. The minimum Gasteiger partial charge on any atom is -0.370 e. The highest BCUT2D eigenvalue weighted by Crippen LogP contribution is 2.48. The minimum absolute atomic E-state index is 0.665. The van der Waals surface area contributed by atoms with Crippen LogP contribution in [0.15, 0.2) is 0 Å². The van der Waals surface area contributed by atoms with Crippen molar-refractivity contribution in [3.63, 3.8) is 0 Å². The standard InChI is InChI=1S/C14H28OSi/c1-5-16(6-2,7-3)11(4)12-8-9-13-14(10-12)15-13/h11-14H,5-10H2,1-4H3. The number of hydrogen-bond acceptors (Lipinski definition) is 1. The Balaban J connectivity index is 2.00. The molecule has 2 rings (SSSR count). The van der Waals surface area contributed by atoms with Crippen molar-refractivity contribution in [1.82, 2.24) is 0 Å². The number of rotatable bonds is 5. The highest BCUT2D eigenvalue weighted by Gasteiger charge is 2.48. The lowest BCUT2D eigenvalue weighted by Gasteiger charge is -2.40. The molecule has 0 spiro atoms. The van der Waals surface area contributed by atoms with E-state index in [0.717, 1.165) is 11.5 Å². The maximum atomic E-state index is 5.69. The Kier molecular flexibility index (Phi) is 3.80. The van der Waals surface area contributed by atoms with Crippen LogP contribution in [0.4, 0.5) is 0 Å². The van der Waals surface area contributed by atoms with Gasteiger partial charge in [0.2, 0.25) is 0 Å². The third-order valence-electron chi connectivity index (χ3n) is 5.83. The van der Waals surface area contributed by atoms with Gasteiger partial charge in [-0.25, -0.2) is 0 Å². The molecule has 0 N–H and O–H groups in total. The molecule has 0 bridgehead atoms. The van der Waals surface area contributed by atoms with Gasteiger partial charge in [-0.3, -0.25) is 0 Å². The van der Waals surface area contributed by atoms with Crippen molar-refractivity contribution >= 4 is 8.07 Å². The zero-order chi connectivity index (χ0) is 11.8. The van der Waals surface area contributed by atoms with Gasteiger partial charge in [-0.15, -0.1) is 0 Å². The van der Waals surface area contributed by atoms with Crippen LogP contribution in [0.1, 0.15) is 47.0 Å². The average Bonchev–Trinajstić information content (AvgIpc) is 3.09. The summed E-state index contributed by atoms with van der Waals surface area (Å²) in [6.07, 6.45) is 5.50. The Labute approximate surface area is 102 Å². The van der Waals surface area contributed by atoms with Crippen LogP contribution >= 0.6 is 0 Å². The molecule has 94 valence electrons. The quantitative estimate of drug-likeness (QED) is 0.511. The molecule has 4 atom stereocenters. The van der Waals surface area contributed by atoms with E-state index in [1.165, 1.54) is 37.4 Å². The Bertz CT molecular complexity index is 229. The van der Waals surface area contributed by atoms with E-state index in [1.807, 2.05) is 0 Å². The number of hydrogen-bond donors (Lipinski definition) is 0. The van der Waals surface area contributed by atoms with Gasteiger partial charge in [0.1, 0.15) is 0 Å². The second-order valence-electron chi connectivity index (χ2n) is 6.00. The smallest absolute Gasteiger partial charge is 0.0844 e. The van der Waals surface area contributed by atoms with Gasteiger partial charge >= 0.3 is 0 Å². The Morgan fingerprint density at radius 2 is 1.69 bits per heavy atom. The van der Waals surface area contributed by atoms with Crippen molar-refractivity contribution < 1.29 is 4.74 Å².